The van der Waals surface area contributed by atoms with E-state index in [1.807, 2.05) is 78.2 Å². The van der Waals surface area contributed by atoms with Crippen molar-refractivity contribution in [3.05, 3.63) is 113 Å². The smallest absolute Gasteiger partial charge is 0.338 e. The van der Waals surface area contributed by atoms with Gasteiger partial charge in [-0.1, -0.05) is 59.9 Å². The number of carbonyl (C=O) groups excluding carboxylic acids is 1. The van der Waals surface area contributed by atoms with E-state index in [1.54, 1.807) is 29.9 Å². The Morgan fingerprint density at radius 1 is 1.11 bits per heavy atom. The number of fused-ring (bicyclic) bond motifs is 1. The maximum Gasteiger partial charge on any atom is 0.338 e. The third-order valence-electron chi connectivity index (χ3n) is 5.60. The maximum absolute atomic E-state index is 13.7. The molecule has 0 radical (unpaired) electrons. The van der Waals surface area contributed by atoms with Crippen LogP contribution in [0.4, 0.5) is 0 Å². The van der Waals surface area contributed by atoms with Crippen LogP contribution in [0.15, 0.2) is 87.5 Å². The van der Waals surface area contributed by atoms with Gasteiger partial charge >= 0.3 is 5.97 Å². The maximum atomic E-state index is 13.7. The van der Waals surface area contributed by atoms with E-state index in [2.05, 4.69) is 0 Å². The zero-order chi connectivity index (χ0) is 24.4. The van der Waals surface area contributed by atoms with E-state index < -0.39 is 12.0 Å². The largest absolute Gasteiger partial charge is 0.497 e. The van der Waals surface area contributed by atoms with E-state index in [4.69, 9.17) is 14.5 Å². The van der Waals surface area contributed by atoms with E-state index in [9.17, 15) is 9.59 Å². The standard InChI is InChI=1S/C27H22N2O4S2/c1-3-33-26(31)22-23(17-9-5-4-6-10-17)28-27-29(24(22)18-11-7-12-19(15-18)32-2)25(30)21(35-27)16-20-13-8-14-34-20/h4-16,24H,3H2,1-2H3/b21-16+. The molecular weight excluding hydrogens is 480 g/mol. The molecule has 0 amide bonds. The van der Waals surface area contributed by atoms with Crippen molar-refractivity contribution in [3.63, 3.8) is 0 Å². The summed E-state index contributed by atoms with van der Waals surface area (Å²) in [6, 6.07) is 20.1. The average molecular weight is 503 g/mol. The van der Waals surface area contributed by atoms with Crippen molar-refractivity contribution in [1.82, 2.24) is 4.57 Å². The van der Waals surface area contributed by atoms with E-state index in [-0.39, 0.29) is 12.2 Å². The number of hydrogen-bond acceptors (Lipinski definition) is 7. The Morgan fingerprint density at radius 2 is 1.94 bits per heavy atom. The van der Waals surface area contributed by atoms with Crippen LogP contribution in [0, 0.1) is 0 Å². The average Bonchev–Trinajstić information content (AvgIpc) is 3.51. The molecule has 5 rings (SSSR count). The molecule has 176 valence electrons. The number of rotatable bonds is 6. The van der Waals surface area contributed by atoms with Crippen molar-refractivity contribution in [2.24, 2.45) is 4.99 Å². The summed E-state index contributed by atoms with van der Waals surface area (Å²) in [7, 11) is 1.59. The van der Waals surface area contributed by atoms with Crippen LogP contribution in [-0.4, -0.2) is 24.3 Å². The van der Waals surface area contributed by atoms with Gasteiger partial charge in [0.15, 0.2) is 4.80 Å². The summed E-state index contributed by atoms with van der Waals surface area (Å²) >= 11 is 2.87. The Balaban J connectivity index is 1.85. The van der Waals surface area contributed by atoms with Crippen molar-refractivity contribution < 1.29 is 14.3 Å². The molecule has 0 aliphatic carbocycles. The summed E-state index contributed by atoms with van der Waals surface area (Å²) in [4.78, 5) is 33.5. The molecule has 8 heteroatoms. The summed E-state index contributed by atoms with van der Waals surface area (Å²) in [5, 5.41) is 1.97. The Hall–Kier alpha value is -3.75. The van der Waals surface area contributed by atoms with Crippen molar-refractivity contribution >= 4 is 40.4 Å². The van der Waals surface area contributed by atoms with Crippen LogP contribution in [0.3, 0.4) is 0 Å². The zero-order valence-corrected chi connectivity index (χ0v) is 20.8. The molecule has 0 saturated heterocycles. The molecule has 35 heavy (non-hydrogen) atoms. The summed E-state index contributed by atoms with van der Waals surface area (Å²) < 4.78 is 13.1. The first-order valence-electron chi connectivity index (χ1n) is 11.1. The third-order valence-corrected chi connectivity index (χ3v) is 7.40. The molecule has 0 fully saturated rings. The molecule has 1 atom stereocenters. The predicted octanol–water partition coefficient (Wildman–Crippen LogP) is 4.01. The summed E-state index contributed by atoms with van der Waals surface area (Å²) in [5.41, 5.74) is 2.13. The molecule has 0 N–H and O–H groups in total. The second kappa shape index (κ2) is 9.85. The van der Waals surface area contributed by atoms with E-state index >= 15 is 0 Å². The number of esters is 1. The van der Waals surface area contributed by atoms with Crippen molar-refractivity contribution in [2.75, 3.05) is 13.7 Å². The number of benzene rings is 2. The second-order valence-corrected chi connectivity index (χ2v) is 9.71. The van der Waals surface area contributed by atoms with Crippen LogP contribution >= 0.6 is 22.7 Å². The summed E-state index contributed by atoms with van der Waals surface area (Å²) in [6.07, 6.45) is 1.87. The molecule has 1 unspecified atom stereocenters. The number of nitrogens with zero attached hydrogens (tertiary/aromatic N) is 2. The molecule has 1 aliphatic heterocycles. The first-order chi connectivity index (χ1) is 17.1. The highest BCUT2D eigenvalue weighted by Gasteiger charge is 2.35. The first-order valence-corrected chi connectivity index (χ1v) is 12.8. The number of methoxy groups -OCH3 is 1. The number of carbonyl (C=O) groups is 1. The monoisotopic (exact) mass is 502 g/mol. The van der Waals surface area contributed by atoms with Gasteiger partial charge in [-0.2, -0.15) is 0 Å². The Labute approximate surface area is 209 Å². The number of thiophene rings is 1. The van der Waals surface area contributed by atoms with E-state index in [0.717, 1.165) is 16.0 Å². The van der Waals surface area contributed by atoms with Gasteiger partial charge in [-0.15, -0.1) is 11.3 Å². The van der Waals surface area contributed by atoms with Crippen LogP contribution in [-0.2, 0) is 9.53 Å². The van der Waals surface area contributed by atoms with Crippen molar-refractivity contribution in [3.8, 4) is 5.75 Å². The van der Waals surface area contributed by atoms with Crippen molar-refractivity contribution in [1.29, 1.82) is 0 Å². The lowest BCUT2D eigenvalue weighted by Gasteiger charge is -2.26. The Bertz CT molecular complexity index is 1580. The summed E-state index contributed by atoms with van der Waals surface area (Å²) in [6.45, 7) is 1.97. The van der Waals surface area contributed by atoms with Gasteiger partial charge in [-0.05, 0) is 42.1 Å². The van der Waals surface area contributed by atoms with Crippen molar-refractivity contribution in [2.45, 2.75) is 13.0 Å². The highest BCUT2D eigenvalue weighted by molar-refractivity contribution is 7.11. The van der Waals surface area contributed by atoms with Gasteiger partial charge in [0, 0.05) is 10.4 Å². The normalized spacial score (nSPS) is 15.5. The second-order valence-electron chi connectivity index (χ2n) is 7.72. The molecule has 4 aromatic rings. The van der Waals surface area contributed by atoms with Gasteiger partial charge in [0.2, 0.25) is 0 Å². The molecule has 3 heterocycles. The number of thiazole rings is 1. The van der Waals surface area contributed by atoms with Gasteiger partial charge in [0.1, 0.15) is 5.75 Å². The van der Waals surface area contributed by atoms with Crippen LogP contribution in [0.5, 0.6) is 5.75 Å². The number of hydrogen-bond donors (Lipinski definition) is 0. The van der Waals surface area contributed by atoms with Gasteiger partial charge in [-0.25, -0.2) is 9.79 Å². The predicted molar refractivity (Wildman–Crippen MR) is 138 cm³/mol. The summed E-state index contributed by atoms with van der Waals surface area (Å²) in [5.74, 6) is 0.125. The minimum absolute atomic E-state index is 0.205. The lowest BCUT2D eigenvalue weighted by molar-refractivity contribution is -0.138. The fourth-order valence-corrected chi connectivity index (χ4v) is 5.79. The lowest BCUT2D eigenvalue weighted by Crippen LogP contribution is -2.40. The molecule has 2 aromatic carbocycles. The fraction of sp³-hybridized carbons (Fsp3) is 0.148. The van der Waals surface area contributed by atoms with Crippen LogP contribution < -0.4 is 19.6 Å². The van der Waals surface area contributed by atoms with Gasteiger partial charge < -0.3 is 9.47 Å². The van der Waals surface area contributed by atoms with Gasteiger partial charge in [0.05, 0.1) is 35.6 Å². The topological polar surface area (TPSA) is 69.9 Å². The quantitative estimate of drug-likeness (QED) is 0.374. The van der Waals surface area contributed by atoms with Gasteiger partial charge in [0.25, 0.3) is 5.56 Å². The Kier molecular flexibility index (Phi) is 6.48. The number of aromatic nitrogens is 1. The third kappa shape index (κ3) is 4.38. The van der Waals surface area contributed by atoms with Crippen LogP contribution in [0.1, 0.15) is 29.0 Å². The van der Waals surface area contributed by atoms with Gasteiger partial charge in [-0.3, -0.25) is 9.36 Å². The Morgan fingerprint density at radius 3 is 2.66 bits per heavy atom. The first kappa shape index (κ1) is 23.0. The van der Waals surface area contributed by atoms with Crippen LogP contribution in [0.25, 0.3) is 11.8 Å². The number of ether oxygens (including phenoxy) is 2. The lowest BCUT2D eigenvalue weighted by atomic mass is 9.93. The molecule has 6 nitrogen and oxygen atoms in total. The minimum atomic E-state index is -0.721. The molecular formula is C27H22N2O4S2. The molecule has 1 aliphatic rings. The fourth-order valence-electron chi connectivity index (χ4n) is 4.07. The SMILES string of the molecule is CCOC(=O)C1=C(c2ccccc2)N=c2s/c(=C/c3cccs3)c(=O)n2C1c1cccc(OC)c1. The highest BCUT2D eigenvalue weighted by atomic mass is 32.1. The molecule has 0 spiro atoms. The minimum Gasteiger partial charge on any atom is -0.497 e. The zero-order valence-electron chi connectivity index (χ0n) is 19.1. The molecule has 0 bridgehead atoms. The van der Waals surface area contributed by atoms with E-state index in [0.29, 0.717) is 26.4 Å². The molecule has 0 saturated carbocycles. The molecule has 2 aromatic heterocycles. The highest BCUT2D eigenvalue weighted by Crippen LogP contribution is 2.36. The van der Waals surface area contributed by atoms with E-state index in [1.165, 1.54) is 11.3 Å². The van der Waals surface area contributed by atoms with Crippen LogP contribution in [0.2, 0.25) is 0 Å².